The third-order valence-corrected chi connectivity index (χ3v) is 2.99. The fourth-order valence-corrected chi connectivity index (χ4v) is 2.16. The van der Waals surface area contributed by atoms with E-state index in [1.807, 2.05) is 0 Å². The molecule has 2 atom stereocenters. The summed E-state index contributed by atoms with van der Waals surface area (Å²) in [7, 11) is 0. The first kappa shape index (κ1) is 13.3. The minimum Gasteiger partial charge on any atom is -0.290 e. The molecular weight excluding hydrogens is 295 g/mol. The Kier molecular flexibility index (Phi) is 5.05. The van der Waals surface area contributed by atoms with Crippen LogP contribution >= 0.6 is 0 Å². The van der Waals surface area contributed by atoms with Crippen molar-refractivity contribution in [3.05, 3.63) is 36.5 Å². The van der Waals surface area contributed by atoms with Gasteiger partial charge in [-0.1, -0.05) is 12.2 Å². The zero-order valence-electron chi connectivity index (χ0n) is 8.87. The first-order valence-electron chi connectivity index (χ1n) is 5.36. The van der Waals surface area contributed by atoms with Crippen molar-refractivity contribution in [2.24, 2.45) is 11.8 Å². The van der Waals surface area contributed by atoms with Gasteiger partial charge in [0.15, 0.2) is 11.6 Å². The Balaban J connectivity index is 0.000000151. The molecule has 0 aromatic heterocycles. The molecule has 2 nitrogen and oxygen atoms in total. The topological polar surface area (TPSA) is 34.1 Å². The Morgan fingerprint density at radius 1 is 0.812 bits per heavy atom. The predicted octanol–water partition coefficient (Wildman–Crippen LogP) is 2.22. The van der Waals surface area contributed by atoms with Crippen LogP contribution in [0.5, 0.6) is 0 Å². The Hall–Kier alpha value is -0.778. The molecular formula is C13H14O2Pd. The van der Waals surface area contributed by atoms with Crippen molar-refractivity contribution in [1.82, 2.24) is 0 Å². The third-order valence-electron chi connectivity index (χ3n) is 2.99. The van der Waals surface area contributed by atoms with E-state index in [9.17, 15) is 9.59 Å². The number of hydrogen-bond acceptors (Lipinski definition) is 2. The Morgan fingerprint density at radius 2 is 1.19 bits per heavy atom. The number of allylic oxidation sites excluding steroid dienone is 6. The number of hydrogen-bond donors (Lipinski definition) is 0. The monoisotopic (exact) mass is 308 g/mol. The van der Waals surface area contributed by atoms with Crippen molar-refractivity contribution >= 4 is 11.6 Å². The van der Waals surface area contributed by atoms with Crippen LogP contribution in [0.4, 0.5) is 0 Å². The number of carbonyl (C=O) groups is 2. The molecule has 3 heteroatoms. The molecule has 2 unspecified atom stereocenters. The summed E-state index contributed by atoms with van der Waals surface area (Å²) in [5.74, 6) is 1.74. The summed E-state index contributed by atoms with van der Waals surface area (Å²) >= 11 is 0. The second kappa shape index (κ2) is 6.08. The quantitative estimate of drug-likeness (QED) is 0.391. The van der Waals surface area contributed by atoms with Crippen LogP contribution in [0.2, 0.25) is 0 Å². The third kappa shape index (κ3) is 3.66. The molecule has 0 amide bonds. The summed E-state index contributed by atoms with van der Waals surface area (Å²) < 4.78 is 0. The van der Waals surface area contributed by atoms with E-state index in [2.05, 4.69) is 12.2 Å². The smallest absolute Gasteiger partial charge is 0.178 e. The summed E-state index contributed by atoms with van der Waals surface area (Å²) in [6.45, 7) is 0. The fraction of sp³-hybridized carbons (Fsp3) is 0.385. The second-order valence-electron chi connectivity index (χ2n) is 4.19. The molecule has 88 valence electrons. The van der Waals surface area contributed by atoms with Gasteiger partial charge in [0.1, 0.15) is 0 Å². The normalized spacial score (nSPS) is 28.8. The van der Waals surface area contributed by atoms with Gasteiger partial charge in [-0.2, -0.15) is 0 Å². The maximum absolute atomic E-state index is 10.3. The maximum Gasteiger partial charge on any atom is 0.178 e. The molecule has 3 aliphatic rings. The van der Waals surface area contributed by atoms with E-state index in [0.29, 0.717) is 0 Å². The standard InChI is InChI=1S/C7H10.C6H4O2.Pd/c1-2-7-4-3-6(1)5-7;7-5-1-2-6(8)4-3-5;/h1-2,6-7H,3-5H2;1-4H;. The van der Waals surface area contributed by atoms with Gasteiger partial charge in [-0.05, 0) is 55.4 Å². The van der Waals surface area contributed by atoms with E-state index in [1.54, 1.807) is 0 Å². The van der Waals surface area contributed by atoms with Crippen molar-refractivity contribution in [2.75, 3.05) is 0 Å². The molecule has 16 heavy (non-hydrogen) atoms. The molecule has 0 saturated heterocycles. The van der Waals surface area contributed by atoms with Crippen LogP contribution in [0.1, 0.15) is 19.3 Å². The Labute approximate surface area is 109 Å². The van der Waals surface area contributed by atoms with Gasteiger partial charge in [-0.25, -0.2) is 0 Å². The van der Waals surface area contributed by atoms with Crippen molar-refractivity contribution in [3.63, 3.8) is 0 Å². The Bertz CT molecular complexity index is 316. The summed E-state index contributed by atoms with van der Waals surface area (Å²) in [5.41, 5.74) is 0. The first-order chi connectivity index (χ1) is 7.24. The predicted molar refractivity (Wildman–Crippen MR) is 58.3 cm³/mol. The largest absolute Gasteiger partial charge is 0.290 e. The number of carbonyl (C=O) groups excluding carboxylic acids is 2. The van der Waals surface area contributed by atoms with Crippen molar-refractivity contribution < 1.29 is 30.0 Å². The molecule has 0 radical (unpaired) electrons. The van der Waals surface area contributed by atoms with E-state index in [-0.39, 0.29) is 32.0 Å². The van der Waals surface area contributed by atoms with E-state index in [1.165, 1.54) is 43.6 Å². The average Bonchev–Trinajstić information content (AvgIpc) is 2.87. The van der Waals surface area contributed by atoms with Gasteiger partial charge in [0.25, 0.3) is 0 Å². The van der Waals surface area contributed by atoms with E-state index in [4.69, 9.17) is 0 Å². The van der Waals surface area contributed by atoms with Crippen molar-refractivity contribution in [2.45, 2.75) is 19.3 Å². The second-order valence-corrected chi connectivity index (χ2v) is 4.19. The van der Waals surface area contributed by atoms with Gasteiger partial charge in [-0.3, -0.25) is 9.59 Å². The summed E-state index contributed by atoms with van der Waals surface area (Å²) in [6.07, 6.45) is 14.2. The van der Waals surface area contributed by atoms with Gasteiger partial charge >= 0.3 is 0 Å². The van der Waals surface area contributed by atoms with E-state index >= 15 is 0 Å². The van der Waals surface area contributed by atoms with Gasteiger partial charge in [-0.15, -0.1) is 0 Å². The molecule has 0 aromatic carbocycles. The molecule has 3 aliphatic carbocycles. The van der Waals surface area contributed by atoms with Crippen molar-refractivity contribution in [3.8, 4) is 0 Å². The minimum absolute atomic E-state index is 0. The van der Waals surface area contributed by atoms with Gasteiger partial charge < -0.3 is 0 Å². The van der Waals surface area contributed by atoms with Gasteiger partial charge in [0.2, 0.25) is 0 Å². The molecule has 0 aliphatic heterocycles. The van der Waals surface area contributed by atoms with E-state index in [0.717, 1.165) is 11.8 Å². The van der Waals surface area contributed by atoms with Gasteiger partial charge in [0, 0.05) is 20.4 Å². The van der Waals surface area contributed by atoms with Crippen molar-refractivity contribution in [1.29, 1.82) is 0 Å². The SMILES string of the molecule is C1=CC2CCC1C2.O=C1C=CC(=O)C=C1.[Pd]. The minimum atomic E-state index is -0.121. The average molecular weight is 309 g/mol. The number of fused-ring (bicyclic) bond motifs is 2. The maximum atomic E-state index is 10.3. The zero-order chi connectivity index (χ0) is 10.7. The van der Waals surface area contributed by atoms with Crippen LogP contribution in [0.25, 0.3) is 0 Å². The van der Waals surface area contributed by atoms with Crippen LogP contribution in [-0.4, -0.2) is 11.6 Å². The van der Waals surface area contributed by atoms with Crippen LogP contribution in [0.3, 0.4) is 0 Å². The molecule has 1 saturated carbocycles. The van der Waals surface area contributed by atoms with Crippen LogP contribution < -0.4 is 0 Å². The molecule has 0 aromatic rings. The first-order valence-corrected chi connectivity index (χ1v) is 5.36. The summed E-state index contributed by atoms with van der Waals surface area (Å²) in [5, 5.41) is 0. The fourth-order valence-electron chi connectivity index (χ4n) is 2.16. The summed E-state index contributed by atoms with van der Waals surface area (Å²) in [6, 6.07) is 0. The molecule has 3 rings (SSSR count). The van der Waals surface area contributed by atoms with Crippen LogP contribution in [0, 0.1) is 11.8 Å². The number of ketones is 2. The van der Waals surface area contributed by atoms with Crippen LogP contribution in [-0.2, 0) is 30.0 Å². The Morgan fingerprint density at radius 3 is 1.38 bits per heavy atom. The number of rotatable bonds is 0. The molecule has 0 spiro atoms. The van der Waals surface area contributed by atoms with Gasteiger partial charge in [0.05, 0.1) is 0 Å². The van der Waals surface area contributed by atoms with E-state index < -0.39 is 0 Å². The molecule has 0 heterocycles. The zero-order valence-corrected chi connectivity index (χ0v) is 10.4. The van der Waals surface area contributed by atoms with Crippen LogP contribution in [0.15, 0.2) is 36.5 Å². The molecule has 1 fully saturated rings. The molecule has 0 N–H and O–H groups in total. The molecule has 2 bridgehead atoms. The summed E-state index contributed by atoms with van der Waals surface area (Å²) in [4.78, 5) is 20.6.